The molecule has 0 aliphatic carbocycles. The van der Waals surface area contributed by atoms with Gasteiger partial charge in [0.2, 0.25) is 0 Å². The van der Waals surface area contributed by atoms with Gasteiger partial charge in [-0.05, 0) is 132 Å². The fourth-order valence-corrected chi connectivity index (χ4v) is 4.29. The Kier molecular flexibility index (Phi) is 3.64. The van der Waals surface area contributed by atoms with E-state index in [9.17, 15) is 0 Å². The van der Waals surface area contributed by atoms with E-state index >= 15 is 0 Å². The fraction of sp³-hybridized carbons (Fsp3) is 0.333. The normalized spacial score (nSPS) is 11.7. The van der Waals surface area contributed by atoms with Crippen molar-refractivity contribution in [2.45, 2.75) is 55.4 Å². The lowest BCUT2D eigenvalue weighted by Crippen LogP contribution is -2.20. The van der Waals surface area contributed by atoms with Crippen molar-refractivity contribution in [2.24, 2.45) is 0 Å². The summed E-state index contributed by atoms with van der Waals surface area (Å²) in [6.07, 6.45) is 0. The summed E-state index contributed by atoms with van der Waals surface area (Å²) in [5.74, 6) is 0. The van der Waals surface area contributed by atoms with E-state index in [1.165, 1.54) is 66.1 Å². The minimum atomic E-state index is 1.16. The zero-order valence-corrected chi connectivity index (χ0v) is 16.4. The molecule has 0 N–H and O–H groups in total. The van der Waals surface area contributed by atoms with Crippen molar-refractivity contribution >= 4 is 34.7 Å². The summed E-state index contributed by atoms with van der Waals surface area (Å²) in [4.78, 5) is 0. The topological polar surface area (TPSA) is 0 Å². The van der Waals surface area contributed by atoms with Crippen LogP contribution >= 0.6 is 0 Å². The predicted octanol–water partition coefficient (Wildman–Crippen LogP) is 5.28. The molecule has 0 aliphatic rings. The molecular weight excluding hydrogens is 288 g/mol. The van der Waals surface area contributed by atoms with Gasteiger partial charge in [0.25, 0.3) is 0 Å². The summed E-state index contributed by atoms with van der Waals surface area (Å²) in [6, 6.07) is 0. The van der Waals surface area contributed by atoms with E-state index in [0.717, 1.165) is 10.4 Å². The van der Waals surface area contributed by atoms with Crippen LogP contribution in [0.1, 0.15) is 44.5 Å². The molecule has 0 atom stereocenters. The summed E-state index contributed by atoms with van der Waals surface area (Å²) in [6.45, 7) is 26.7. The molecule has 0 saturated carbocycles. The third kappa shape index (κ3) is 1.86. The third-order valence-electron chi connectivity index (χ3n) is 6.57. The van der Waals surface area contributed by atoms with Gasteiger partial charge in [0.15, 0.2) is 0 Å². The maximum absolute atomic E-state index is 4.47. The van der Waals surface area contributed by atoms with Crippen molar-refractivity contribution in [2.75, 3.05) is 0 Å². The average Bonchev–Trinajstić information content (AvgIpc) is 2.56. The fourth-order valence-electron chi connectivity index (χ4n) is 4.29. The number of hydrogen-bond donors (Lipinski definition) is 0. The van der Waals surface area contributed by atoms with Crippen LogP contribution in [0.5, 0.6) is 0 Å². The van der Waals surface area contributed by atoms with Crippen LogP contribution in [-0.4, -0.2) is 0 Å². The molecular formula is C24H28. The maximum atomic E-state index is 4.47. The van der Waals surface area contributed by atoms with Crippen LogP contribution in [0.4, 0.5) is 0 Å². The van der Waals surface area contributed by atoms with Gasteiger partial charge in [-0.2, -0.15) is 0 Å². The molecule has 0 heterocycles. The zero-order valence-electron chi connectivity index (χ0n) is 16.4. The third-order valence-corrected chi connectivity index (χ3v) is 6.57. The van der Waals surface area contributed by atoms with Gasteiger partial charge in [0.1, 0.15) is 0 Å². The van der Waals surface area contributed by atoms with Gasteiger partial charge < -0.3 is 0 Å². The number of hydrogen-bond acceptors (Lipinski definition) is 0. The Morgan fingerprint density at radius 1 is 0.333 bits per heavy atom. The van der Waals surface area contributed by atoms with Gasteiger partial charge in [-0.15, -0.1) is 0 Å². The van der Waals surface area contributed by atoms with Gasteiger partial charge in [-0.25, -0.2) is 0 Å². The first-order valence-electron chi connectivity index (χ1n) is 8.71. The van der Waals surface area contributed by atoms with Gasteiger partial charge >= 0.3 is 0 Å². The Hall–Kier alpha value is -2.08. The van der Waals surface area contributed by atoms with Crippen molar-refractivity contribution in [1.82, 2.24) is 0 Å². The molecule has 0 radical (unpaired) electrons. The lowest BCUT2D eigenvalue weighted by molar-refractivity contribution is 1.24. The Balaban J connectivity index is 2.94. The molecule has 24 heavy (non-hydrogen) atoms. The quantitative estimate of drug-likeness (QED) is 0.495. The van der Waals surface area contributed by atoms with Crippen molar-refractivity contribution in [3.05, 3.63) is 54.9 Å². The highest BCUT2D eigenvalue weighted by Crippen LogP contribution is 2.37. The molecule has 0 saturated heterocycles. The Morgan fingerprint density at radius 2 is 0.667 bits per heavy atom. The van der Waals surface area contributed by atoms with Crippen LogP contribution < -0.4 is 10.4 Å². The minimum Gasteiger partial charge on any atom is -0.0909 e. The molecule has 0 aromatic heterocycles. The van der Waals surface area contributed by atoms with E-state index in [1.54, 1.807) is 0 Å². The highest BCUT2D eigenvalue weighted by Gasteiger charge is 2.18. The number of fused-ring (bicyclic) bond motifs is 3. The molecule has 0 heteroatoms. The standard InChI is InChI=1S/C24H28/c1-11-13(3)17(7)23-21(15(11)5)19(9)20(10)22-16(6)12(2)14(4)18(8)24(22)23/h5,7H2,1-4,6,8-10H3. The SMILES string of the molecule is C=c1c(C)c(C)c(=C)c2c1c(C)c(C)c1c(C)c(C)c(C)c(C)c12. The first kappa shape index (κ1) is 16.8. The van der Waals surface area contributed by atoms with Gasteiger partial charge in [0, 0.05) is 0 Å². The second-order valence-corrected chi connectivity index (χ2v) is 7.46. The first-order valence-corrected chi connectivity index (χ1v) is 8.71. The van der Waals surface area contributed by atoms with Gasteiger partial charge in [-0.3, -0.25) is 0 Å². The molecule has 0 aliphatic heterocycles. The molecule has 0 nitrogen and oxygen atoms in total. The number of benzene rings is 3. The van der Waals surface area contributed by atoms with Crippen LogP contribution in [-0.2, 0) is 0 Å². The second kappa shape index (κ2) is 5.21. The van der Waals surface area contributed by atoms with Gasteiger partial charge in [0.05, 0.1) is 0 Å². The Bertz CT molecular complexity index is 1140. The maximum Gasteiger partial charge on any atom is -0.00244 e. The van der Waals surface area contributed by atoms with Gasteiger partial charge in [-0.1, -0.05) is 13.2 Å². The molecule has 3 aromatic rings. The molecule has 0 fully saturated rings. The highest BCUT2D eigenvalue weighted by molar-refractivity contribution is 6.14. The lowest BCUT2D eigenvalue weighted by Gasteiger charge is -2.22. The van der Waals surface area contributed by atoms with Crippen molar-refractivity contribution in [3.8, 4) is 0 Å². The predicted molar refractivity (Wildman–Crippen MR) is 110 cm³/mol. The molecule has 3 rings (SSSR count). The smallest absolute Gasteiger partial charge is 0.00244 e. The monoisotopic (exact) mass is 316 g/mol. The van der Waals surface area contributed by atoms with E-state index in [4.69, 9.17) is 0 Å². The lowest BCUT2D eigenvalue weighted by atomic mass is 9.82. The van der Waals surface area contributed by atoms with E-state index in [1.807, 2.05) is 0 Å². The molecule has 0 unspecified atom stereocenters. The summed E-state index contributed by atoms with van der Waals surface area (Å²) in [7, 11) is 0. The van der Waals surface area contributed by atoms with Crippen LogP contribution in [0.2, 0.25) is 0 Å². The summed E-state index contributed by atoms with van der Waals surface area (Å²) >= 11 is 0. The van der Waals surface area contributed by atoms with E-state index in [2.05, 4.69) is 68.5 Å². The molecule has 124 valence electrons. The molecule has 3 aromatic carbocycles. The average molecular weight is 316 g/mol. The van der Waals surface area contributed by atoms with Crippen LogP contribution in [0, 0.1) is 55.4 Å². The molecule has 0 spiro atoms. The van der Waals surface area contributed by atoms with Crippen molar-refractivity contribution in [1.29, 1.82) is 0 Å². The van der Waals surface area contributed by atoms with Crippen LogP contribution in [0.15, 0.2) is 0 Å². The summed E-state index contributed by atoms with van der Waals surface area (Å²) in [5.41, 5.74) is 10.9. The van der Waals surface area contributed by atoms with E-state index in [-0.39, 0.29) is 0 Å². The highest BCUT2D eigenvalue weighted by atomic mass is 14.2. The summed E-state index contributed by atoms with van der Waals surface area (Å²) in [5, 5.41) is 7.73. The molecule has 0 bridgehead atoms. The van der Waals surface area contributed by atoms with Crippen LogP contribution in [0.25, 0.3) is 34.7 Å². The van der Waals surface area contributed by atoms with E-state index < -0.39 is 0 Å². The number of aryl methyl sites for hydroxylation is 4. The number of rotatable bonds is 0. The Labute approximate surface area is 145 Å². The summed E-state index contributed by atoms with van der Waals surface area (Å²) < 4.78 is 0. The molecule has 0 amide bonds. The van der Waals surface area contributed by atoms with E-state index in [0.29, 0.717) is 0 Å². The minimum absolute atomic E-state index is 1.16. The second-order valence-electron chi connectivity index (χ2n) is 7.46. The largest absolute Gasteiger partial charge is 0.0909 e. The van der Waals surface area contributed by atoms with Crippen molar-refractivity contribution < 1.29 is 0 Å². The van der Waals surface area contributed by atoms with Crippen LogP contribution in [0.3, 0.4) is 0 Å². The first-order chi connectivity index (χ1) is 11.1. The Morgan fingerprint density at radius 3 is 1.17 bits per heavy atom. The zero-order chi connectivity index (χ0) is 18.1. The van der Waals surface area contributed by atoms with Crippen molar-refractivity contribution in [3.63, 3.8) is 0 Å².